The second-order valence-electron chi connectivity index (χ2n) is 5.09. The molecule has 1 fully saturated rings. The summed E-state index contributed by atoms with van der Waals surface area (Å²) >= 11 is 0. The third-order valence-electron chi connectivity index (χ3n) is 3.26. The first-order chi connectivity index (χ1) is 7.46. The molecule has 0 unspecified atom stereocenters. The fourth-order valence-corrected chi connectivity index (χ4v) is 1.59. The van der Waals surface area contributed by atoms with Gasteiger partial charge < -0.3 is 20.9 Å². The van der Waals surface area contributed by atoms with E-state index in [-0.39, 0.29) is 19.1 Å². The van der Waals surface area contributed by atoms with Gasteiger partial charge in [-0.2, -0.15) is 0 Å². The van der Waals surface area contributed by atoms with Crippen molar-refractivity contribution in [1.82, 2.24) is 5.32 Å². The Balaban J connectivity index is 2.66. The summed E-state index contributed by atoms with van der Waals surface area (Å²) in [5, 5.41) is 12.4. The van der Waals surface area contributed by atoms with Crippen molar-refractivity contribution in [3.8, 4) is 0 Å². The summed E-state index contributed by atoms with van der Waals surface area (Å²) < 4.78 is 5.23. The Hall–Kier alpha value is -0.650. The Bertz CT molecular complexity index is 248. The number of aliphatic hydroxyl groups excluding tert-OH is 1. The van der Waals surface area contributed by atoms with E-state index in [1.165, 1.54) is 0 Å². The van der Waals surface area contributed by atoms with E-state index in [0.29, 0.717) is 26.1 Å². The van der Waals surface area contributed by atoms with Crippen LogP contribution < -0.4 is 11.1 Å². The lowest BCUT2D eigenvalue weighted by atomic mass is 9.86. The van der Waals surface area contributed by atoms with Gasteiger partial charge in [0.1, 0.15) is 0 Å². The number of ether oxygens (including phenoxy) is 1. The maximum absolute atomic E-state index is 12.0. The van der Waals surface area contributed by atoms with Crippen molar-refractivity contribution in [2.24, 2.45) is 11.1 Å². The van der Waals surface area contributed by atoms with Crippen molar-refractivity contribution < 1.29 is 14.6 Å². The van der Waals surface area contributed by atoms with Crippen molar-refractivity contribution >= 4 is 5.91 Å². The molecule has 0 radical (unpaired) electrons. The van der Waals surface area contributed by atoms with Crippen LogP contribution in [0.25, 0.3) is 0 Å². The van der Waals surface area contributed by atoms with Gasteiger partial charge in [-0.3, -0.25) is 4.79 Å². The fourth-order valence-electron chi connectivity index (χ4n) is 1.59. The number of nitrogens with one attached hydrogen (secondary N) is 1. The molecule has 0 saturated carbocycles. The predicted octanol–water partition coefficient (Wildman–Crippen LogP) is -0.371. The molecule has 0 aromatic heterocycles. The molecule has 4 N–H and O–H groups in total. The van der Waals surface area contributed by atoms with E-state index < -0.39 is 11.0 Å². The van der Waals surface area contributed by atoms with Crippen LogP contribution in [0.4, 0.5) is 0 Å². The summed E-state index contributed by atoms with van der Waals surface area (Å²) in [5.41, 5.74) is 4.43. The lowest BCUT2D eigenvalue weighted by molar-refractivity contribution is -0.133. The van der Waals surface area contributed by atoms with E-state index in [4.69, 9.17) is 10.5 Å². The zero-order valence-corrected chi connectivity index (χ0v) is 10.1. The zero-order valence-electron chi connectivity index (χ0n) is 10.1. The van der Waals surface area contributed by atoms with Crippen molar-refractivity contribution in [2.75, 3.05) is 26.4 Å². The van der Waals surface area contributed by atoms with Crippen LogP contribution in [0, 0.1) is 5.41 Å². The number of rotatable bonds is 4. The highest BCUT2D eigenvalue weighted by molar-refractivity contribution is 5.82. The van der Waals surface area contributed by atoms with Gasteiger partial charge in [-0.15, -0.1) is 0 Å². The van der Waals surface area contributed by atoms with Crippen LogP contribution in [0.2, 0.25) is 0 Å². The van der Waals surface area contributed by atoms with Gasteiger partial charge in [-0.1, -0.05) is 0 Å². The third kappa shape index (κ3) is 2.93. The van der Waals surface area contributed by atoms with E-state index in [2.05, 4.69) is 5.32 Å². The number of hydrogen-bond acceptors (Lipinski definition) is 4. The van der Waals surface area contributed by atoms with Crippen LogP contribution in [0.1, 0.15) is 26.7 Å². The van der Waals surface area contributed by atoms with Gasteiger partial charge in [-0.25, -0.2) is 0 Å². The van der Waals surface area contributed by atoms with Crippen LogP contribution >= 0.6 is 0 Å². The molecular formula is C11H22N2O3. The average Bonchev–Trinajstić information content (AvgIpc) is 2.30. The molecule has 0 aromatic rings. The zero-order chi connectivity index (χ0) is 12.2. The SMILES string of the molecule is CC(C)(CN)C(=O)NC1(CO)CCOCC1. The smallest absolute Gasteiger partial charge is 0.227 e. The minimum atomic E-state index is -0.597. The molecule has 5 heteroatoms. The van der Waals surface area contributed by atoms with Crippen molar-refractivity contribution in [1.29, 1.82) is 0 Å². The summed E-state index contributed by atoms with van der Waals surface area (Å²) in [6.07, 6.45) is 1.30. The molecule has 0 bridgehead atoms. The second-order valence-corrected chi connectivity index (χ2v) is 5.09. The minimum Gasteiger partial charge on any atom is -0.394 e. The van der Waals surface area contributed by atoms with E-state index in [1.54, 1.807) is 13.8 Å². The van der Waals surface area contributed by atoms with Gasteiger partial charge in [0, 0.05) is 19.8 Å². The highest BCUT2D eigenvalue weighted by atomic mass is 16.5. The summed E-state index contributed by atoms with van der Waals surface area (Å²) in [7, 11) is 0. The maximum atomic E-state index is 12.0. The van der Waals surface area contributed by atoms with E-state index in [0.717, 1.165) is 0 Å². The van der Waals surface area contributed by atoms with E-state index in [9.17, 15) is 9.90 Å². The molecule has 1 aliphatic heterocycles. The first-order valence-electron chi connectivity index (χ1n) is 5.67. The number of amides is 1. The normalized spacial score (nSPS) is 20.5. The third-order valence-corrected chi connectivity index (χ3v) is 3.26. The summed E-state index contributed by atoms with van der Waals surface area (Å²) in [5.74, 6) is -0.106. The van der Waals surface area contributed by atoms with Gasteiger partial charge in [0.2, 0.25) is 5.91 Å². The molecule has 16 heavy (non-hydrogen) atoms. The Kier molecular flexibility index (Phi) is 4.29. The van der Waals surface area contributed by atoms with Gasteiger partial charge >= 0.3 is 0 Å². The lowest BCUT2D eigenvalue weighted by Crippen LogP contribution is -2.58. The predicted molar refractivity (Wildman–Crippen MR) is 60.8 cm³/mol. The minimum absolute atomic E-state index is 0.0528. The van der Waals surface area contributed by atoms with Gasteiger partial charge in [0.25, 0.3) is 0 Å². The van der Waals surface area contributed by atoms with Crippen LogP contribution in [-0.2, 0) is 9.53 Å². The summed E-state index contributed by atoms with van der Waals surface area (Å²) in [6, 6.07) is 0. The molecule has 0 aliphatic carbocycles. The quantitative estimate of drug-likeness (QED) is 0.615. The van der Waals surface area contributed by atoms with Gasteiger partial charge in [0.05, 0.1) is 17.6 Å². The van der Waals surface area contributed by atoms with Crippen LogP contribution in [-0.4, -0.2) is 42.9 Å². The number of hydrogen-bond donors (Lipinski definition) is 3. The van der Waals surface area contributed by atoms with E-state index in [1.807, 2.05) is 0 Å². The fraction of sp³-hybridized carbons (Fsp3) is 0.909. The molecule has 0 aromatic carbocycles. The Morgan fingerprint density at radius 2 is 2.06 bits per heavy atom. The van der Waals surface area contributed by atoms with Crippen molar-refractivity contribution in [2.45, 2.75) is 32.2 Å². The highest BCUT2D eigenvalue weighted by Gasteiger charge is 2.37. The van der Waals surface area contributed by atoms with Crippen LogP contribution in [0.3, 0.4) is 0 Å². The van der Waals surface area contributed by atoms with Crippen LogP contribution in [0.15, 0.2) is 0 Å². The molecule has 94 valence electrons. The monoisotopic (exact) mass is 230 g/mol. The molecule has 1 rings (SSSR count). The van der Waals surface area contributed by atoms with Crippen molar-refractivity contribution in [3.63, 3.8) is 0 Å². The largest absolute Gasteiger partial charge is 0.394 e. The first kappa shape index (κ1) is 13.4. The molecule has 1 amide bonds. The molecular weight excluding hydrogens is 208 g/mol. The standard InChI is InChI=1S/C11H22N2O3/c1-10(2,7-12)9(15)13-11(8-14)3-5-16-6-4-11/h14H,3-8,12H2,1-2H3,(H,13,15). The Morgan fingerprint density at radius 3 is 2.50 bits per heavy atom. The second kappa shape index (κ2) is 5.12. The Morgan fingerprint density at radius 1 is 1.50 bits per heavy atom. The van der Waals surface area contributed by atoms with E-state index >= 15 is 0 Å². The molecule has 5 nitrogen and oxygen atoms in total. The Labute approximate surface area is 96.3 Å². The molecule has 0 atom stereocenters. The molecule has 0 spiro atoms. The molecule has 1 aliphatic rings. The highest BCUT2D eigenvalue weighted by Crippen LogP contribution is 2.23. The summed E-state index contributed by atoms with van der Waals surface area (Å²) in [4.78, 5) is 12.0. The lowest BCUT2D eigenvalue weighted by Gasteiger charge is -2.38. The van der Waals surface area contributed by atoms with Gasteiger partial charge in [-0.05, 0) is 26.7 Å². The topological polar surface area (TPSA) is 84.6 Å². The molecule has 1 heterocycles. The number of carbonyl (C=O) groups excluding carboxylic acids is 1. The average molecular weight is 230 g/mol. The van der Waals surface area contributed by atoms with Crippen molar-refractivity contribution in [3.05, 3.63) is 0 Å². The number of nitrogens with two attached hydrogens (primary N) is 1. The summed E-state index contributed by atoms with van der Waals surface area (Å²) in [6.45, 7) is 4.98. The van der Waals surface area contributed by atoms with Gasteiger partial charge in [0.15, 0.2) is 0 Å². The maximum Gasteiger partial charge on any atom is 0.227 e. The molecule has 1 saturated heterocycles. The number of carbonyl (C=O) groups is 1. The van der Waals surface area contributed by atoms with Crippen LogP contribution in [0.5, 0.6) is 0 Å². The number of aliphatic hydroxyl groups is 1. The first-order valence-corrected chi connectivity index (χ1v) is 5.67.